The minimum absolute atomic E-state index is 0.694. The van der Waals surface area contributed by atoms with Crippen LogP contribution in [-0.4, -0.2) is 18.0 Å². The number of benzene rings is 2. The van der Waals surface area contributed by atoms with E-state index in [2.05, 4.69) is 22.8 Å². The van der Waals surface area contributed by atoms with Gasteiger partial charge in [0.15, 0.2) is 6.29 Å². The van der Waals surface area contributed by atoms with Crippen molar-refractivity contribution in [2.24, 2.45) is 0 Å². The van der Waals surface area contributed by atoms with Crippen LogP contribution < -0.4 is 4.74 Å². The van der Waals surface area contributed by atoms with Gasteiger partial charge in [0.25, 0.3) is 0 Å². The summed E-state index contributed by atoms with van der Waals surface area (Å²) in [5.74, 6) is 0.808. The molecule has 0 aliphatic rings. The van der Waals surface area contributed by atoms with Crippen LogP contribution in [0.5, 0.6) is 5.75 Å². The highest BCUT2D eigenvalue weighted by Gasteiger charge is 2.11. The lowest BCUT2D eigenvalue weighted by Gasteiger charge is -2.08. The smallest absolute Gasteiger partial charge is 0.152 e. The van der Waals surface area contributed by atoms with E-state index >= 15 is 0 Å². The van der Waals surface area contributed by atoms with Gasteiger partial charge in [-0.05, 0) is 30.2 Å². The van der Waals surface area contributed by atoms with E-state index < -0.39 is 0 Å². The zero-order valence-corrected chi connectivity index (χ0v) is 12.2. The quantitative estimate of drug-likeness (QED) is 0.680. The van der Waals surface area contributed by atoms with Gasteiger partial charge in [-0.1, -0.05) is 30.3 Å². The first-order valence-electron chi connectivity index (χ1n) is 6.89. The molecule has 21 heavy (non-hydrogen) atoms. The number of ether oxygens (including phenoxy) is 1. The van der Waals surface area contributed by atoms with Crippen molar-refractivity contribution in [1.29, 1.82) is 0 Å². The van der Waals surface area contributed by atoms with E-state index in [0.29, 0.717) is 5.56 Å². The first kappa shape index (κ1) is 13.4. The lowest BCUT2D eigenvalue weighted by molar-refractivity contribution is 0.112. The van der Waals surface area contributed by atoms with Crippen LogP contribution in [0, 0.1) is 6.92 Å². The molecule has 3 aromatic rings. The number of rotatable bonds is 4. The highest BCUT2D eigenvalue weighted by atomic mass is 16.5. The van der Waals surface area contributed by atoms with Gasteiger partial charge in [-0.2, -0.15) is 0 Å². The predicted molar refractivity (Wildman–Crippen MR) is 84.2 cm³/mol. The number of carbonyl (C=O) groups excluding carboxylic acids is 1. The third-order valence-electron chi connectivity index (χ3n) is 3.75. The Morgan fingerprint density at radius 3 is 2.62 bits per heavy atom. The van der Waals surface area contributed by atoms with Crippen molar-refractivity contribution in [2.75, 3.05) is 7.11 Å². The van der Waals surface area contributed by atoms with Gasteiger partial charge in [-0.25, -0.2) is 0 Å². The number of hydrogen-bond donors (Lipinski definition) is 0. The van der Waals surface area contributed by atoms with E-state index in [0.717, 1.165) is 35.0 Å². The maximum absolute atomic E-state index is 11.3. The SMILES string of the molecule is COc1cc2c(C=O)cn(Cc3ccccc3)c2cc1C. The summed E-state index contributed by atoms with van der Waals surface area (Å²) in [4.78, 5) is 11.3. The first-order valence-corrected chi connectivity index (χ1v) is 6.89. The molecule has 0 spiro atoms. The summed E-state index contributed by atoms with van der Waals surface area (Å²) < 4.78 is 7.47. The third-order valence-corrected chi connectivity index (χ3v) is 3.75. The molecule has 0 unspecified atom stereocenters. The number of carbonyl (C=O) groups is 1. The normalized spacial score (nSPS) is 10.8. The van der Waals surface area contributed by atoms with E-state index in [1.807, 2.05) is 37.4 Å². The summed E-state index contributed by atoms with van der Waals surface area (Å²) in [7, 11) is 1.65. The Labute approximate surface area is 123 Å². The van der Waals surface area contributed by atoms with Crippen LogP contribution in [0.4, 0.5) is 0 Å². The summed E-state index contributed by atoms with van der Waals surface area (Å²) in [5, 5.41) is 0.934. The van der Waals surface area contributed by atoms with E-state index in [9.17, 15) is 4.79 Å². The van der Waals surface area contributed by atoms with Crippen molar-refractivity contribution in [3.05, 3.63) is 65.4 Å². The second-order valence-electron chi connectivity index (χ2n) is 5.15. The van der Waals surface area contributed by atoms with Crippen molar-refractivity contribution in [3.63, 3.8) is 0 Å². The molecule has 0 saturated heterocycles. The molecule has 0 aliphatic heterocycles. The average Bonchev–Trinajstić information content (AvgIpc) is 2.84. The molecule has 1 heterocycles. The van der Waals surface area contributed by atoms with Gasteiger partial charge in [-0.3, -0.25) is 4.79 Å². The number of aromatic nitrogens is 1. The van der Waals surface area contributed by atoms with Crippen molar-refractivity contribution in [2.45, 2.75) is 13.5 Å². The Morgan fingerprint density at radius 1 is 1.19 bits per heavy atom. The number of fused-ring (bicyclic) bond motifs is 1. The van der Waals surface area contributed by atoms with Crippen LogP contribution in [0.2, 0.25) is 0 Å². The van der Waals surface area contributed by atoms with Gasteiger partial charge in [0.2, 0.25) is 0 Å². The topological polar surface area (TPSA) is 31.2 Å². The second kappa shape index (κ2) is 5.44. The van der Waals surface area contributed by atoms with Crippen LogP contribution in [0.1, 0.15) is 21.5 Å². The number of aldehydes is 1. The molecule has 0 radical (unpaired) electrons. The zero-order valence-electron chi connectivity index (χ0n) is 12.2. The minimum atomic E-state index is 0.694. The first-order chi connectivity index (χ1) is 10.2. The fourth-order valence-electron chi connectivity index (χ4n) is 2.67. The fourth-order valence-corrected chi connectivity index (χ4v) is 2.67. The molecule has 0 bridgehead atoms. The second-order valence-corrected chi connectivity index (χ2v) is 5.15. The summed E-state index contributed by atoms with van der Waals surface area (Å²) in [6.45, 7) is 2.76. The molecule has 3 heteroatoms. The summed E-state index contributed by atoms with van der Waals surface area (Å²) in [6.07, 6.45) is 2.81. The van der Waals surface area contributed by atoms with Crippen molar-refractivity contribution in [1.82, 2.24) is 4.57 Å². The molecule has 0 saturated carbocycles. The number of nitrogens with zero attached hydrogens (tertiary/aromatic N) is 1. The summed E-state index contributed by atoms with van der Waals surface area (Å²) in [5.41, 5.74) is 4.02. The molecule has 3 rings (SSSR count). The van der Waals surface area contributed by atoms with Crippen molar-refractivity contribution < 1.29 is 9.53 Å². The highest BCUT2D eigenvalue weighted by Crippen LogP contribution is 2.29. The number of methoxy groups -OCH3 is 1. The Kier molecular flexibility index (Phi) is 3.48. The molecule has 0 N–H and O–H groups in total. The number of aryl methyl sites for hydroxylation is 1. The molecule has 0 atom stereocenters. The largest absolute Gasteiger partial charge is 0.496 e. The fraction of sp³-hybridized carbons (Fsp3) is 0.167. The molecular formula is C18H17NO2. The highest BCUT2D eigenvalue weighted by molar-refractivity contribution is 5.98. The van der Waals surface area contributed by atoms with Crippen molar-refractivity contribution >= 4 is 17.2 Å². The van der Waals surface area contributed by atoms with Gasteiger partial charge in [0.05, 0.1) is 7.11 Å². The summed E-state index contributed by atoms with van der Waals surface area (Å²) >= 11 is 0. The molecule has 3 nitrogen and oxygen atoms in total. The van der Waals surface area contributed by atoms with Crippen LogP contribution >= 0.6 is 0 Å². The molecule has 106 valence electrons. The maximum Gasteiger partial charge on any atom is 0.152 e. The maximum atomic E-state index is 11.3. The lowest BCUT2D eigenvalue weighted by atomic mass is 10.1. The zero-order chi connectivity index (χ0) is 14.8. The van der Waals surface area contributed by atoms with E-state index in [1.165, 1.54) is 5.56 Å². The van der Waals surface area contributed by atoms with E-state index in [-0.39, 0.29) is 0 Å². The predicted octanol–water partition coefficient (Wildman–Crippen LogP) is 3.82. The van der Waals surface area contributed by atoms with Crippen LogP contribution in [-0.2, 0) is 6.54 Å². The third kappa shape index (κ3) is 2.42. The van der Waals surface area contributed by atoms with Crippen LogP contribution in [0.3, 0.4) is 0 Å². The van der Waals surface area contributed by atoms with Gasteiger partial charge >= 0.3 is 0 Å². The van der Waals surface area contributed by atoms with Crippen molar-refractivity contribution in [3.8, 4) is 5.75 Å². The Morgan fingerprint density at radius 2 is 1.95 bits per heavy atom. The standard InChI is InChI=1S/C18H17NO2/c1-13-8-17-16(9-18(13)21-2)15(12-20)11-19(17)10-14-6-4-3-5-7-14/h3-9,11-12H,10H2,1-2H3. The van der Waals surface area contributed by atoms with Crippen LogP contribution in [0.25, 0.3) is 10.9 Å². The Hall–Kier alpha value is -2.55. The number of hydrogen-bond acceptors (Lipinski definition) is 2. The summed E-state index contributed by atoms with van der Waals surface area (Å²) in [6, 6.07) is 14.2. The van der Waals surface area contributed by atoms with Gasteiger partial charge in [0, 0.05) is 29.2 Å². The molecule has 0 fully saturated rings. The Bertz CT molecular complexity index is 788. The van der Waals surface area contributed by atoms with E-state index in [4.69, 9.17) is 4.74 Å². The monoisotopic (exact) mass is 279 g/mol. The average molecular weight is 279 g/mol. The molecule has 0 aliphatic carbocycles. The van der Waals surface area contributed by atoms with Crippen LogP contribution in [0.15, 0.2) is 48.7 Å². The lowest BCUT2D eigenvalue weighted by Crippen LogP contribution is -1.98. The molecule has 0 amide bonds. The van der Waals surface area contributed by atoms with Gasteiger partial charge in [0.1, 0.15) is 5.75 Å². The molecule has 1 aromatic heterocycles. The molecular weight excluding hydrogens is 262 g/mol. The van der Waals surface area contributed by atoms with E-state index in [1.54, 1.807) is 7.11 Å². The molecule has 2 aromatic carbocycles. The van der Waals surface area contributed by atoms with Gasteiger partial charge in [-0.15, -0.1) is 0 Å². The van der Waals surface area contributed by atoms with Gasteiger partial charge < -0.3 is 9.30 Å². The Balaban J connectivity index is 2.15. The minimum Gasteiger partial charge on any atom is -0.496 e.